The largest absolute Gasteiger partial charge is 0.504 e. The number of nitrogens with zero attached hydrogens (tertiary/aromatic N) is 2. The van der Waals surface area contributed by atoms with Gasteiger partial charge < -0.3 is 19.3 Å². The van der Waals surface area contributed by atoms with Crippen LogP contribution in [-0.4, -0.2) is 34.2 Å². The minimum Gasteiger partial charge on any atom is -0.504 e. The number of aromatic hydroxyl groups is 1. The zero-order valence-corrected chi connectivity index (χ0v) is 16.8. The number of carbonyl (C=O) groups excluding carboxylic acids is 1. The summed E-state index contributed by atoms with van der Waals surface area (Å²) >= 11 is 0. The van der Waals surface area contributed by atoms with Crippen molar-refractivity contribution in [2.24, 2.45) is 0 Å². The molecule has 0 atom stereocenters. The first-order valence-electron chi connectivity index (χ1n) is 9.74. The number of phenolic OH excluding ortho intramolecular Hbond substituents is 1. The van der Waals surface area contributed by atoms with E-state index in [9.17, 15) is 9.90 Å². The fourth-order valence-electron chi connectivity index (χ4n) is 3.40. The van der Waals surface area contributed by atoms with Gasteiger partial charge in [0.15, 0.2) is 11.5 Å². The maximum Gasteiger partial charge on any atom is 0.292 e. The van der Waals surface area contributed by atoms with Crippen LogP contribution in [0.3, 0.4) is 0 Å². The van der Waals surface area contributed by atoms with Crippen LogP contribution >= 0.6 is 0 Å². The maximum absolute atomic E-state index is 12.9. The molecule has 1 aliphatic rings. The van der Waals surface area contributed by atoms with Crippen molar-refractivity contribution in [3.63, 3.8) is 0 Å². The number of aryl methyl sites for hydroxylation is 1. The van der Waals surface area contributed by atoms with Crippen LogP contribution in [0.2, 0.25) is 0 Å². The molecule has 1 amide bonds. The van der Waals surface area contributed by atoms with Crippen LogP contribution in [0, 0.1) is 6.92 Å². The number of fused-ring (bicyclic) bond motifs is 1. The lowest BCUT2D eigenvalue weighted by Crippen LogP contribution is -2.32. The van der Waals surface area contributed by atoms with Gasteiger partial charge in [0.2, 0.25) is 5.76 Å². The lowest BCUT2D eigenvalue weighted by molar-refractivity contribution is 0.0691. The number of aromatic nitrogens is 1. The summed E-state index contributed by atoms with van der Waals surface area (Å²) in [7, 11) is 0. The summed E-state index contributed by atoms with van der Waals surface area (Å²) in [6.45, 7) is 7.03. The molecule has 0 saturated heterocycles. The van der Waals surface area contributed by atoms with E-state index in [1.54, 1.807) is 17.0 Å². The van der Waals surface area contributed by atoms with Crippen molar-refractivity contribution >= 4 is 5.91 Å². The molecule has 0 unspecified atom stereocenters. The first kappa shape index (κ1) is 19.1. The molecule has 150 valence electrons. The third kappa shape index (κ3) is 3.83. The highest BCUT2D eigenvalue weighted by Gasteiger charge is 2.26. The van der Waals surface area contributed by atoms with Crippen molar-refractivity contribution in [3.05, 3.63) is 65.0 Å². The molecule has 1 N–H and O–H groups in total. The Labute approximate surface area is 169 Å². The van der Waals surface area contributed by atoms with E-state index in [1.807, 2.05) is 51.1 Å². The predicted molar refractivity (Wildman–Crippen MR) is 109 cm³/mol. The number of ether oxygens (including phenoxy) is 1. The van der Waals surface area contributed by atoms with Gasteiger partial charge in [0, 0.05) is 11.6 Å². The van der Waals surface area contributed by atoms with Crippen LogP contribution in [0.1, 0.15) is 47.1 Å². The second kappa shape index (κ2) is 7.62. The van der Waals surface area contributed by atoms with Gasteiger partial charge in [0.05, 0.1) is 18.8 Å². The topological polar surface area (TPSA) is 75.8 Å². The van der Waals surface area contributed by atoms with Crippen molar-refractivity contribution in [2.75, 3.05) is 13.2 Å². The van der Waals surface area contributed by atoms with Gasteiger partial charge in [-0.05, 0) is 36.1 Å². The van der Waals surface area contributed by atoms with E-state index in [1.165, 1.54) is 5.56 Å². The standard InChI is InChI=1S/C23H24N2O4/c1-14(2)19-12-21(29-24-19)23(27)25-8-9-28-22-18(13-25)10-17(11-20(22)26)16-6-4-15(3)5-7-16/h4-7,10-12,14,26H,8-9,13H2,1-3H3. The zero-order valence-electron chi connectivity index (χ0n) is 16.8. The van der Waals surface area contributed by atoms with Crippen molar-refractivity contribution in [1.82, 2.24) is 10.1 Å². The quantitative estimate of drug-likeness (QED) is 0.710. The summed E-state index contributed by atoms with van der Waals surface area (Å²) in [5.41, 5.74) is 4.54. The highest BCUT2D eigenvalue weighted by Crippen LogP contribution is 2.38. The minimum atomic E-state index is -0.235. The van der Waals surface area contributed by atoms with E-state index in [2.05, 4.69) is 5.16 Å². The highest BCUT2D eigenvalue weighted by atomic mass is 16.5. The molecule has 0 spiro atoms. The number of hydrogen-bond acceptors (Lipinski definition) is 5. The Hall–Kier alpha value is -3.28. The van der Waals surface area contributed by atoms with Gasteiger partial charge in [0.25, 0.3) is 5.91 Å². The molecule has 0 fully saturated rings. The number of phenols is 1. The molecule has 6 heteroatoms. The average Bonchev–Trinajstić information content (AvgIpc) is 3.09. The van der Waals surface area contributed by atoms with Gasteiger partial charge in [-0.25, -0.2) is 0 Å². The van der Waals surface area contributed by atoms with Crippen LogP contribution in [0.25, 0.3) is 11.1 Å². The first-order chi connectivity index (χ1) is 13.9. The van der Waals surface area contributed by atoms with Gasteiger partial charge in [-0.15, -0.1) is 0 Å². The van der Waals surface area contributed by atoms with Gasteiger partial charge >= 0.3 is 0 Å². The van der Waals surface area contributed by atoms with Crippen molar-refractivity contribution < 1.29 is 19.2 Å². The molecule has 0 saturated carbocycles. The first-order valence-corrected chi connectivity index (χ1v) is 9.74. The molecule has 2 heterocycles. The summed E-state index contributed by atoms with van der Waals surface area (Å²) in [4.78, 5) is 14.6. The van der Waals surface area contributed by atoms with Crippen LogP contribution in [0.4, 0.5) is 0 Å². The molecule has 1 aromatic heterocycles. The Morgan fingerprint density at radius 2 is 1.90 bits per heavy atom. The molecule has 0 radical (unpaired) electrons. The fraction of sp³-hybridized carbons (Fsp3) is 0.304. The van der Waals surface area contributed by atoms with E-state index >= 15 is 0 Å². The molecule has 6 nitrogen and oxygen atoms in total. The normalized spacial score (nSPS) is 13.7. The summed E-state index contributed by atoms with van der Waals surface area (Å²) in [5, 5.41) is 14.5. The molecular formula is C23H24N2O4. The second-order valence-corrected chi connectivity index (χ2v) is 7.70. The number of hydrogen-bond donors (Lipinski definition) is 1. The molecule has 0 bridgehead atoms. The molecule has 2 aromatic carbocycles. The number of carbonyl (C=O) groups is 1. The maximum atomic E-state index is 12.9. The van der Waals surface area contributed by atoms with E-state index < -0.39 is 0 Å². The summed E-state index contributed by atoms with van der Waals surface area (Å²) in [6.07, 6.45) is 0. The molecule has 3 aromatic rings. The molecule has 29 heavy (non-hydrogen) atoms. The number of amides is 1. The third-order valence-electron chi connectivity index (χ3n) is 5.12. The Bertz CT molecular complexity index is 1040. The van der Waals surface area contributed by atoms with E-state index in [4.69, 9.17) is 9.26 Å². The Morgan fingerprint density at radius 1 is 1.14 bits per heavy atom. The minimum absolute atomic E-state index is 0.0779. The van der Waals surface area contributed by atoms with Crippen molar-refractivity contribution in [3.8, 4) is 22.6 Å². The Morgan fingerprint density at radius 3 is 2.59 bits per heavy atom. The lowest BCUT2D eigenvalue weighted by atomic mass is 10.0. The van der Waals surface area contributed by atoms with Crippen molar-refractivity contribution in [1.29, 1.82) is 0 Å². The zero-order chi connectivity index (χ0) is 20.5. The van der Waals surface area contributed by atoms with Gasteiger partial charge in [0.1, 0.15) is 6.61 Å². The van der Waals surface area contributed by atoms with Crippen LogP contribution < -0.4 is 4.74 Å². The number of benzene rings is 2. The molecular weight excluding hydrogens is 368 g/mol. The van der Waals surface area contributed by atoms with E-state index in [0.717, 1.165) is 22.4 Å². The van der Waals surface area contributed by atoms with E-state index in [0.29, 0.717) is 25.4 Å². The Kier molecular flexibility index (Phi) is 5.01. The fourth-order valence-corrected chi connectivity index (χ4v) is 3.40. The van der Waals surface area contributed by atoms with Crippen molar-refractivity contribution in [2.45, 2.75) is 33.2 Å². The van der Waals surface area contributed by atoms with Gasteiger partial charge in [-0.1, -0.05) is 48.8 Å². The molecule has 1 aliphatic heterocycles. The van der Waals surface area contributed by atoms with Gasteiger partial charge in [-0.2, -0.15) is 0 Å². The van der Waals surface area contributed by atoms with Crippen LogP contribution in [-0.2, 0) is 6.54 Å². The predicted octanol–water partition coefficient (Wildman–Crippen LogP) is 4.51. The lowest BCUT2D eigenvalue weighted by Gasteiger charge is -2.18. The average molecular weight is 392 g/mol. The third-order valence-corrected chi connectivity index (χ3v) is 5.12. The SMILES string of the molecule is Cc1ccc(-c2cc(O)c3c(c2)CN(C(=O)c2cc(C(C)C)no2)CCO3)cc1. The van der Waals surface area contributed by atoms with Crippen LogP contribution in [0.5, 0.6) is 11.5 Å². The molecule has 4 rings (SSSR count). The Balaban J connectivity index is 1.65. The monoisotopic (exact) mass is 392 g/mol. The van der Waals surface area contributed by atoms with Crippen LogP contribution in [0.15, 0.2) is 47.0 Å². The summed E-state index contributed by atoms with van der Waals surface area (Å²) < 4.78 is 11.0. The number of rotatable bonds is 3. The highest BCUT2D eigenvalue weighted by molar-refractivity contribution is 5.91. The van der Waals surface area contributed by atoms with Gasteiger partial charge in [-0.3, -0.25) is 4.79 Å². The smallest absolute Gasteiger partial charge is 0.292 e. The summed E-state index contributed by atoms with van der Waals surface area (Å²) in [6, 6.07) is 13.4. The second-order valence-electron chi connectivity index (χ2n) is 7.70. The summed E-state index contributed by atoms with van der Waals surface area (Å²) in [5.74, 6) is 0.672. The van der Waals surface area contributed by atoms with E-state index in [-0.39, 0.29) is 23.3 Å². The molecule has 0 aliphatic carbocycles.